The van der Waals surface area contributed by atoms with Gasteiger partial charge in [0.05, 0.1) is 21.3 Å². The number of hydrogen-bond acceptors (Lipinski definition) is 2. The minimum absolute atomic E-state index is 0.0128. The molecule has 0 aromatic heterocycles. The lowest BCUT2D eigenvalue weighted by molar-refractivity contribution is -0.138. The van der Waals surface area contributed by atoms with Crippen molar-refractivity contribution in [1.29, 1.82) is 0 Å². The Morgan fingerprint density at radius 3 is 1.96 bits per heavy atom. The number of ether oxygens (including phenoxy) is 1. The smallest absolute Gasteiger partial charge is 0.416 e. The predicted molar refractivity (Wildman–Crippen MR) is 89.3 cm³/mol. The molecule has 0 spiro atoms. The zero-order chi connectivity index (χ0) is 19.1. The summed E-state index contributed by atoms with van der Waals surface area (Å²) in [7, 11) is 0. The first-order valence-electron chi connectivity index (χ1n) is 7.65. The molecule has 3 rings (SSSR count). The van der Waals surface area contributed by atoms with Gasteiger partial charge in [-0.05, 0) is 31.0 Å². The average molecular weight is 412 g/mol. The molecule has 1 saturated heterocycles. The number of halogens is 7. The highest BCUT2D eigenvalue weighted by Crippen LogP contribution is 2.42. The van der Waals surface area contributed by atoms with Gasteiger partial charge >= 0.3 is 6.18 Å². The van der Waals surface area contributed by atoms with Crippen LogP contribution in [0.3, 0.4) is 0 Å². The Morgan fingerprint density at radius 2 is 1.42 bits per heavy atom. The van der Waals surface area contributed by atoms with Crippen molar-refractivity contribution < 1.29 is 26.7 Å². The van der Waals surface area contributed by atoms with Gasteiger partial charge in [-0.25, -0.2) is 8.78 Å². The quantitative estimate of drug-likeness (QED) is 0.522. The highest BCUT2D eigenvalue weighted by molar-refractivity contribution is 6.42. The first-order valence-corrected chi connectivity index (χ1v) is 8.40. The van der Waals surface area contributed by atoms with Gasteiger partial charge in [0.1, 0.15) is 0 Å². The molecule has 9 heteroatoms. The van der Waals surface area contributed by atoms with Crippen LogP contribution in [0.4, 0.5) is 27.6 Å². The average Bonchev–Trinajstić information content (AvgIpc) is 3.07. The summed E-state index contributed by atoms with van der Waals surface area (Å²) >= 11 is 12.0. The molecule has 0 unspecified atom stereocenters. The van der Waals surface area contributed by atoms with Crippen LogP contribution in [-0.2, 0) is 6.18 Å². The molecule has 0 atom stereocenters. The summed E-state index contributed by atoms with van der Waals surface area (Å²) in [6, 6.07) is 3.16. The Kier molecular flexibility index (Phi) is 5.21. The van der Waals surface area contributed by atoms with Crippen LogP contribution < -0.4 is 9.64 Å². The van der Waals surface area contributed by atoms with Crippen LogP contribution in [0.1, 0.15) is 18.4 Å². The first-order chi connectivity index (χ1) is 12.2. The van der Waals surface area contributed by atoms with Gasteiger partial charge in [-0.1, -0.05) is 23.2 Å². The maximum Gasteiger partial charge on any atom is 0.416 e. The summed E-state index contributed by atoms with van der Waals surface area (Å²) in [4.78, 5) is 1.90. The standard InChI is InChI=1S/C17H12Cl2F5NO/c18-10-7-14(25-3-1-2-4-25)15(8-11(10)19)26-16-12(20)5-9(6-13(16)21)17(22,23)24/h5-8H,1-4H2. The lowest BCUT2D eigenvalue weighted by atomic mass is 10.2. The van der Waals surface area contributed by atoms with Crippen molar-refractivity contribution in [3.05, 3.63) is 51.5 Å². The van der Waals surface area contributed by atoms with E-state index in [4.69, 9.17) is 27.9 Å². The van der Waals surface area contributed by atoms with E-state index in [2.05, 4.69) is 0 Å². The molecule has 140 valence electrons. The topological polar surface area (TPSA) is 12.5 Å². The Morgan fingerprint density at radius 1 is 0.885 bits per heavy atom. The van der Waals surface area contributed by atoms with E-state index in [1.54, 1.807) is 0 Å². The van der Waals surface area contributed by atoms with Crippen molar-refractivity contribution in [2.45, 2.75) is 19.0 Å². The normalized spacial score (nSPS) is 14.8. The molecular weight excluding hydrogens is 400 g/mol. The van der Waals surface area contributed by atoms with E-state index in [-0.39, 0.29) is 27.9 Å². The maximum atomic E-state index is 14.1. The van der Waals surface area contributed by atoms with Gasteiger partial charge in [-0.2, -0.15) is 13.2 Å². The third-order valence-electron chi connectivity index (χ3n) is 3.99. The Bertz CT molecular complexity index is 812. The SMILES string of the molecule is Fc1cc(C(F)(F)F)cc(F)c1Oc1cc(Cl)c(Cl)cc1N1CCCC1. The van der Waals surface area contributed by atoms with Crippen LogP contribution in [-0.4, -0.2) is 13.1 Å². The predicted octanol–water partition coefficient (Wildman–Crippen LogP) is 6.68. The lowest BCUT2D eigenvalue weighted by Gasteiger charge is -2.22. The van der Waals surface area contributed by atoms with Gasteiger partial charge in [0.2, 0.25) is 0 Å². The molecule has 0 aliphatic carbocycles. The van der Waals surface area contributed by atoms with Crippen molar-refractivity contribution >= 4 is 28.9 Å². The fourth-order valence-corrected chi connectivity index (χ4v) is 3.05. The molecule has 26 heavy (non-hydrogen) atoms. The largest absolute Gasteiger partial charge is 0.449 e. The van der Waals surface area contributed by atoms with E-state index in [1.165, 1.54) is 12.1 Å². The molecule has 0 bridgehead atoms. The third-order valence-corrected chi connectivity index (χ3v) is 4.71. The molecule has 1 aliphatic rings. The highest BCUT2D eigenvalue weighted by atomic mass is 35.5. The molecule has 0 saturated carbocycles. The molecule has 0 radical (unpaired) electrons. The van der Waals surface area contributed by atoms with Gasteiger partial charge in [0.25, 0.3) is 0 Å². The van der Waals surface area contributed by atoms with Crippen LogP contribution in [0.25, 0.3) is 0 Å². The van der Waals surface area contributed by atoms with Gasteiger partial charge in [-0.3, -0.25) is 0 Å². The van der Waals surface area contributed by atoms with Gasteiger partial charge in [0, 0.05) is 19.2 Å². The first kappa shape index (κ1) is 19.0. The minimum Gasteiger partial charge on any atom is -0.449 e. The lowest BCUT2D eigenvalue weighted by Crippen LogP contribution is -2.18. The summed E-state index contributed by atoms with van der Waals surface area (Å²) in [5, 5.41) is 0.326. The Hall–Kier alpha value is -1.73. The van der Waals surface area contributed by atoms with E-state index < -0.39 is 29.1 Å². The number of nitrogens with zero attached hydrogens (tertiary/aromatic N) is 1. The monoisotopic (exact) mass is 411 g/mol. The van der Waals surface area contributed by atoms with Crippen molar-refractivity contribution in [2.75, 3.05) is 18.0 Å². The van der Waals surface area contributed by atoms with Crippen LogP contribution in [0.2, 0.25) is 10.0 Å². The van der Waals surface area contributed by atoms with Crippen LogP contribution in [0.15, 0.2) is 24.3 Å². The highest BCUT2D eigenvalue weighted by Gasteiger charge is 2.33. The summed E-state index contributed by atoms with van der Waals surface area (Å²) in [6.07, 6.45) is -3.03. The fourth-order valence-electron chi connectivity index (χ4n) is 2.74. The van der Waals surface area contributed by atoms with Crippen molar-refractivity contribution in [3.8, 4) is 11.5 Å². The van der Waals surface area contributed by atoms with Gasteiger partial charge < -0.3 is 9.64 Å². The molecule has 0 amide bonds. The van der Waals surface area contributed by atoms with E-state index in [0.29, 0.717) is 18.8 Å². The molecule has 2 aromatic rings. The molecule has 2 nitrogen and oxygen atoms in total. The Labute approximate surface area is 156 Å². The Balaban J connectivity index is 2.02. The van der Waals surface area contributed by atoms with Crippen LogP contribution in [0, 0.1) is 11.6 Å². The van der Waals surface area contributed by atoms with Gasteiger partial charge in [-0.15, -0.1) is 0 Å². The molecule has 1 heterocycles. The van der Waals surface area contributed by atoms with E-state index >= 15 is 0 Å². The zero-order valence-electron chi connectivity index (χ0n) is 13.1. The number of benzene rings is 2. The molecule has 1 aliphatic heterocycles. The van der Waals surface area contributed by atoms with E-state index in [9.17, 15) is 22.0 Å². The molecule has 0 N–H and O–H groups in total. The third kappa shape index (κ3) is 3.83. The molecule has 2 aromatic carbocycles. The summed E-state index contributed by atoms with van der Waals surface area (Å²) < 4.78 is 71.4. The minimum atomic E-state index is -4.87. The fraction of sp³-hybridized carbons (Fsp3) is 0.294. The molecule has 1 fully saturated rings. The summed E-state index contributed by atoms with van der Waals surface area (Å²) in [6.45, 7) is 1.37. The number of alkyl halides is 3. The summed E-state index contributed by atoms with van der Waals surface area (Å²) in [5.41, 5.74) is -0.968. The maximum absolute atomic E-state index is 14.1. The number of hydrogen-bond donors (Lipinski definition) is 0. The molecular formula is C17H12Cl2F5NO. The number of anilines is 1. The second-order valence-corrected chi connectivity index (χ2v) is 6.61. The zero-order valence-corrected chi connectivity index (χ0v) is 14.7. The second-order valence-electron chi connectivity index (χ2n) is 5.80. The van der Waals surface area contributed by atoms with E-state index in [1.807, 2.05) is 4.90 Å². The van der Waals surface area contributed by atoms with Gasteiger partial charge in [0.15, 0.2) is 23.1 Å². The number of rotatable bonds is 3. The van der Waals surface area contributed by atoms with Crippen LogP contribution in [0.5, 0.6) is 11.5 Å². The van der Waals surface area contributed by atoms with Crippen molar-refractivity contribution in [2.24, 2.45) is 0 Å². The second kappa shape index (κ2) is 7.12. The van der Waals surface area contributed by atoms with Crippen molar-refractivity contribution in [1.82, 2.24) is 0 Å². The van der Waals surface area contributed by atoms with E-state index in [0.717, 1.165) is 12.8 Å². The van der Waals surface area contributed by atoms with Crippen molar-refractivity contribution in [3.63, 3.8) is 0 Å². The van der Waals surface area contributed by atoms with Crippen LogP contribution >= 0.6 is 23.2 Å². The summed E-state index contributed by atoms with van der Waals surface area (Å²) in [5.74, 6) is -3.85.